The summed E-state index contributed by atoms with van der Waals surface area (Å²) in [6.45, 7) is 8.75. The van der Waals surface area contributed by atoms with Crippen LogP contribution in [0.15, 0.2) is 64.7 Å². The number of unbranched alkanes of at least 4 members (excludes halogenated alkanes) is 1. The minimum absolute atomic E-state index is 0.0793. The van der Waals surface area contributed by atoms with Crippen molar-refractivity contribution in [1.82, 2.24) is 19.9 Å². The molecule has 1 atom stereocenters. The molecule has 1 unspecified atom stereocenters. The average molecular weight is 616 g/mol. The largest absolute Gasteiger partial charge is 0.384 e. The molecule has 9 nitrogen and oxygen atoms in total. The van der Waals surface area contributed by atoms with E-state index in [0.29, 0.717) is 43.3 Å². The molecular formula is C35H46FN7O2. The number of nitrogens with zero attached hydrogens (tertiary/aromatic N) is 3. The summed E-state index contributed by atoms with van der Waals surface area (Å²) < 4.78 is 14.3. The lowest BCUT2D eigenvalue weighted by Crippen LogP contribution is -2.37. The molecule has 0 saturated carbocycles. The molecule has 1 aliphatic heterocycles. The number of nitrogens with two attached hydrogens (primary N) is 1. The number of halogens is 1. The topological polar surface area (TPSA) is 139 Å². The molecule has 4 rings (SSSR count). The Morgan fingerprint density at radius 2 is 1.96 bits per heavy atom. The third kappa shape index (κ3) is 9.96. The number of fused-ring (bicyclic) bond motifs is 1. The average Bonchev–Trinajstić information content (AvgIpc) is 3.48. The standard InChI is InChI=1S/C26H35N7O2.C9H11F/c1-4-6-7-19(11-20-15-30-23(28)10-17(20)3)14-32-25(34)22-8-9-24-31-16-21(26(35)33(22)24)29-13-18(5-2)12-27;1-2-5-8-6-3-4-7-9(8)10/h5,10-12,15-16,22,27,29H,4,6-9,13-14H2,1-3H3,(H2,28,30)(H,32,34);3-4,6-7H,2,5H2,1H3/b18-5+,19-11+,27-12?;. The Kier molecular flexibility index (Phi) is 13.7. The van der Waals surface area contributed by atoms with E-state index in [1.807, 2.05) is 39.0 Å². The SMILES string of the molecule is C/C=C(\C=N)CNc1cnc2n(c1=O)C(C(=O)NC/C(=C/c1cnc(N)cc1C)CCCC)CC2.CCCc1ccccc1F. The summed E-state index contributed by atoms with van der Waals surface area (Å²) in [5.41, 5.74) is 10.5. The van der Waals surface area contributed by atoms with Crippen LogP contribution in [0.1, 0.15) is 81.4 Å². The summed E-state index contributed by atoms with van der Waals surface area (Å²) in [4.78, 5) is 34.9. The van der Waals surface area contributed by atoms with Crippen LogP contribution in [-0.2, 0) is 17.6 Å². The fourth-order valence-corrected chi connectivity index (χ4v) is 5.07. The van der Waals surface area contributed by atoms with Gasteiger partial charge in [-0.3, -0.25) is 14.2 Å². The number of aryl methyl sites for hydroxylation is 3. The number of hydrogen-bond donors (Lipinski definition) is 4. The van der Waals surface area contributed by atoms with Crippen molar-refractivity contribution < 1.29 is 9.18 Å². The Bertz CT molecular complexity index is 1580. The van der Waals surface area contributed by atoms with Crippen LogP contribution in [0.5, 0.6) is 0 Å². The summed E-state index contributed by atoms with van der Waals surface area (Å²) in [5.74, 6) is 0.831. The lowest BCUT2D eigenvalue weighted by Gasteiger charge is -2.17. The Labute approximate surface area is 265 Å². The highest BCUT2D eigenvalue weighted by molar-refractivity contribution is 5.81. The molecule has 0 saturated heterocycles. The smallest absolute Gasteiger partial charge is 0.277 e. The van der Waals surface area contributed by atoms with Crippen molar-refractivity contribution in [3.05, 3.63) is 98.6 Å². The van der Waals surface area contributed by atoms with Crippen LogP contribution < -0.4 is 21.9 Å². The summed E-state index contributed by atoms with van der Waals surface area (Å²) in [6, 6.07) is 8.17. The number of amides is 1. The number of anilines is 2. The number of aromatic nitrogens is 3. The number of nitrogen functional groups attached to an aromatic ring is 1. The summed E-state index contributed by atoms with van der Waals surface area (Å²) in [5, 5.41) is 13.5. The number of carbonyl (C=O) groups is 1. The van der Waals surface area contributed by atoms with Gasteiger partial charge in [0.1, 0.15) is 29.2 Å². The number of pyridine rings is 1. The van der Waals surface area contributed by atoms with Gasteiger partial charge in [0, 0.05) is 31.9 Å². The molecule has 1 aliphatic rings. The second-order valence-electron chi connectivity index (χ2n) is 11.1. The molecule has 45 heavy (non-hydrogen) atoms. The van der Waals surface area contributed by atoms with Crippen LogP contribution in [0.4, 0.5) is 15.9 Å². The van der Waals surface area contributed by atoms with Crippen molar-refractivity contribution in [3.8, 4) is 0 Å². The molecule has 1 aromatic carbocycles. The molecule has 3 aromatic rings. The van der Waals surface area contributed by atoms with Gasteiger partial charge in [0.25, 0.3) is 5.56 Å². The van der Waals surface area contributed by atoms with E-state index in [1.54, 1.807) is 18.3 Å². The van der Waals surface area contributed by atoms with Crippen molar-refractivity contribution in [1.29, 1.82) is 5.41 Å². The number of carbonyl (C=O) groups excluding carboxylic acids is 1. The molecular weight excluding hydrogens is 569 g/mol. The van der Waals surface area contributed by atoms with Gasteiger partial charge in [-0.25, -0.2) is 14.4 Å². The first-order chi connectivity index (χ1) is 21.7. The van der Waals surface area contributed by atoms with Crippen LogP contribution in [0, 0.1) is 18.2 Å². The highest BCUT2D eigenvalue weighted by atomic mass is 19.1. The lowest BCUT2D eigenvalue weighted by atomic mass is 10.0. The monoisotopic (exact) mass is 615 g/mol. The zero-order valence-corrected chi connectivity index (χ0v) is 26.8. The lowest BCUT2D eigenvalue weighted by molar-refractivity contribution is -0.124. The Morgan fingerprint density at radius 1 is 1.18 bits per heavy atom. The Balaban J connectivity index is 0.000000468. The molecule has 0 spiro atoms. The number of allylic oxidation sites excluding steroid dienone is 1. The van der Waals surface area contributed by atoms with Gasteiger partial charge >= 0.3 is 0 Å². The number of hydrogen-bond acceptors (Lipinski definition) is 7. The maximum absolute atomic E-state index is 13.2. The molecule has 3 heterocycles. The fraction of sp³-hybridized carbons (Fsp3) is 0.400. The normalized spacial score (nSPS) is 14.3. The first-order valence-corrected chi connectivity index (χ1v) is 15.6. The molecule has 240 valence electrons. The molecule has 0 bridgehead atoms. The number of rotatable bonds is 13. The molecule has 0 radical (unpaired) electrons. The van der Waals surface area contributed by atoms with Gasteiger partial charge < -0.3 is 21.8 Å². The molecule has 5 N–H and O–H groups in total. The van der Waals surface area contributed by atoms with Gasteiger partial charge in [-0.1, -0.05) is 62.6 Å². The first kappa shape index (κ1) is 34.9. The van der Waals surface area contributed by atoms with Crippen LogP contribution >= 0.6 is 0 Å². The van der Waals surface area contributed by atoms with Crippen molar-refractivity contribution in [2.45, 2.75) is 78.7 Å². The predicted molar refractivity (Wildman–Crippen MR) is 181 cm³/mol. The van der Waals surface area contributed by atoms with E-state index in [4.69, 9.17) is 11.1 Å². The van der Waals surface area contributed by atoms with Crippen LogP contribution in [0.25, 0.3) is 6.08 Å². The molecule has 0 fully saturated rings. The zero-order valence-electron chi connectivity index (χ0n) is 26.8. The van der Waals surface area contributed by atoms with E-state index in [9.17, 15) is 14.0 Å². The molecule has 10 heteroatoms. The van der Waals surface area contributed by atoms with Crippen LogP contribution in [0.3, 0.4) is 0 Å². The quantitative estimate of drug-likeness (QED) is 0.169. The van der Waals surface area contributed by atoms with Crippen molar-refractivity contribution in [3.63, 3.8) is 0 Å². The molecule has 1 amide bonds. The van der Waals surface area contributed by atoms with Crippen LogP contribution in [0.2, 0.25) is 0 Å². The summed E-state index contributed by atoms with van der Waals surface area (Å²) in [6.07, 6.45) is 14.2. The van der Waals surface area contributed by atoms with E-state index in [-0.39, 0.29) is 17.3 Å². The maximum Gasteiger partial charge on any atom is 0.277 e. The third-order valence-electron chi connectivity index (χ3n) is 7.72. The van der Waals surface area contributed by atoms with Gasteiger partial charge in [0.05, 0.1) is 6.20 Å². The second-order valence-corrected chi connectivity index (χ2v) is 11.1. The summed E-state index contributed by atoms with van der Waals surface area (Å²) >= 11 is 0. The predicted octanol–water partition coefficient (Wildman–Crippen LogP) is 6.19. The summed E-state index contributed by atoms with van der Waals surface area (Å²) in [7, 11) is 0. The first-order valence-electron chi connectivity index (χ1n) is 15.6. The van der Waals surface area contributed by atoms with E-state index in [0.717, 1.165) is 59.9 Å². The molecule has 0 aliphatic carbocycles. The van der Waals surface area contributed by atoms with Crippen LogP contribution in [-0.4, -0.2) is 39.7 Å². The van der Waals surface area contributed by atoms with Gasteiger partial charge in [-0.05, 0) is 73.9 Å². The zero-order chi connectivity index (χ0) is 32.8. The fourth-order valence-electron chi connectivity index (χ4n) is 5.07. The van der Waals surface area contributed by atoms with Gasteiger partial charge in [-0.2, -0.15) is 0 Å². The maximum atomic E-state index is 13.2. The van der Waals surface area contributed by atoms with E-state index < -0.39 is 6.04 Å². The van der Waals surface area contributed by atoms with Crippen molar-refractivity contribution in [2.24, 2.45) is 0 Å². The van der Waals surface area contributed by atoms with Gasteiger partial charge in [0.15, 0.2) is 0 Å². The second kappa shape index (κ2) is 17.6. The van der Waals surface area contributed by atoms with Gasteiger partial charge in [0.2, 0.25) is 5.91 Å². The van der Waals surface area contributed by atoms with E-state index >= 15 is 0 Å². The number of benzene rings is 1. The van der Waals surface area contributed by atoms with Gasteiger partial charge in [-0.15, -0.1) is 0 Å². The van der Waals surface area contributed by atoms with E-state index in [1.165, 1.54) is 23.0 Å². The Hall–Kier alpha value is -4.60. The minimum Gasteiger partial charge on any atom is -0.384 e. The van der Waals surface area contributed by atoms with E-state index in [2.05, 4.69) is 33.6 Å². The third-order valence-corrected chi connectivity index (χ3v) is 7.72. The highest BCUT2D eigenvalue weighted by Gasteiger charge is 2.31. The van der Waals surface area contributed by atoms with Crippen molar-refractivity contribution >= 4 is 29.7 Å². The minimum atomic E-state index is -0.594. The number of nitrogens with one attached hydrogen (secondary N) is 3. The Morgan fingerprint density at radius 3 is 2.62 bits per heavy atom. The highest BCUT2D eigenvalue weighted by Crippen LogP contribution is 2.24. The molecule has 2 aromatic heterocycles. The van der Waals surface area contributed by atoms with Crippen molar-refractivity contribution in [2.75, 3.05) is 24.1 Å².